The fourth-order valence-corrected chi connectivity index (χ4v) is 4.13. The summed E-state index contributed by atoms with van der Waals surface area (Å²) < 4.78 is 16.0. The Morgan fingerprint density at radius 2 is 2.00 bits per heavy atom. The molecular formula is C21H21FN6O. The third-order valence-corrected chi connectivity index (χ3v) is 6.31. The predicted octanol–water partition coefficient (Wildman–Crippen LogP) is 3.40. The van der Waals surface area contributed by atoms with Crippen LogP contribution in [0.4, 0.5) is 20.6 Å². The van der Waals surface area contributed by atoms with Crippen LogP contribution in [0.2, 0.25) is 0 Å². The number of fused-ring (bicyclic) bond motifs is 1. The Labute approximate surface area is 167 Å². The SMILES string of the molecule is O=C(Nc1ccc(F)c(-n2cc3cc(N4CC5(CC5)C4)cnc3n2)c1)N1CCC1. The largest absolute Gasteiger partial charge is 0.369 e. The number of halogens is 1. The zero-order valence-corrected chi connectivity index (χ0v) is 15.9. The fourth-order valence-electron chi connectivity index (χ4n) is 4.13. The molecule has 2 aliphatic heterocycles. The van der Waals surface area contributed by atoms with E-state index >= 15 is 0 Å². The van der Waals surface area contributed by atoms with Crippen LogP contribution in [0.25, 0.3) is 16.7 Å². The Bertz CT molecular complexity index is 1130. The number of pyridine rings is 1. The summed E-state index contributed by atoms with van der Waals surface area (Å²) in [6.07, 6.45) is 7.32. The molecule has 2 amide bonds. The first kappa shape index (κ1) is 16.8. The first-order chi connectivity index (χ1) is 14.1. The van der Waals surface area contributed by atoms with Crippen LogP contribution in [-0.4, -0.2) is 51.9 Å². The second kappa shape index (κ2) is 5.92. The number of amides is 2. The predicted molar refractivity (Wildman–Crippen MR) is 108 cm³/mol. The van der Waals surface area contributed by atoms with E-state index in [1.807, 2.05) is 6.20 Å². The van der Waals surface area contributed by atoms with E-state index in [0.717, 1.165) is 43.7 Å². The minimum atomic E-state index is -0.404. The molecule has 2 saturated heterocycles. The van der Waals surface area contributed by atoms with Crippen molar-refractivity contribution in [2.45, 2.75) is 19.3 Å². The van der Waals surface area contributed by atoms with Gasteiger partial charge in [-0.05, 0) is 43.5 Å². The molecule has 0 bridgehead atoms. The topological polar surface area (TPSA) is 66.3 Å². The molecule has 4 heterocycles. The van der Waals surface area contributed by atoms with Crippen molar-refractivity contribution in [1.29, 1.82) is 0 Å². The molecule has 3 fully saturated rings. The molecule has 1 aromatic carbocycles. The molecule has 7 nitrogen and oxygen atoms in total. The third-order valence-electron chi connectivity index (χ3n) is 6.31. The van der Waals surface area contributed by atoms with Crippen LogP contribution in [0.1, 0.15) is 19.3 Å². The van der Waals surface area contributed by atoms with Crippen molar-refractivity contribution in [1.82, 2.24) is 19.7 Å². The van der Waals surface area contributed by atoms with E-state index in [1.54, 1.807) is 23.2 Å². The lowest BCUT2D eigenvalue weighted by molar-refractivity contribution is 0.181. The van der Waals surface area contributed by atoms with Crippen molar-refractivity contribution in [3.8, 4) is 5.69 Å². The molecule has 0 atom stereocenters. The average Bonchev–Trinajstić information content (AvgIpc) is 3.33. The summed E-state index contributed by atoms with van der Waals surface area (Å²) in [7, 11) is 0. The van der Waals surface area contributed by atoms with Crippen LogP contribution in [0.15, 0.2) is 36.7 Å². The molecular weight excluding hydrogens is 371 g/mol. The second-order valence-corrected chi connectivity index (χ2v) is 8.47. The van der Waals surface area contributed by atoms with Crippen LogP contribution in [0.3, 0.4) is 0 Å². The molecule has 148 valence electrons. The van der Waals surface area contributed by atoms with Crippen molar-refractivity contribution in [3.05, 3.63) is 42.5 Å². The summed E-state index contributed by atoms with van der Waals surface area (Å²) in [4.78, 5) is 20.7. The molecule has 1 N–H and O–H groups in total. The average molecular weight is 392 g/mol. The van der Waals surface area contributed by atoms with Crippen molar-refractivity contribution in [2.75, 3.05) is 36.4 Å². The van der Waals surface area contributed by atoms with Crippen molar-refractivity contribution < 1.29 is 9.18 Å². The van der Waals surface area contributed by atoms with Crippen LogP contribution >= 0.6 is 0 Å². The zero-order valence-electron chi connectivity index (χ0n) is 15.9. The third kappa shape index (κ3) is 2.82. The van der Waals surface area contributed by atoms with Gasteiger partial charge >= 0.3 is 6.03 Å². The Morgan fingerprint density at radius 1 is 1.17 bits per heavy atom. The number of benzene rings is 1. The van der Waals surface area contributed by atoms with E-state index in [0.29, 0.717) is 16.7 Å². The number of hydrogen-bond donors (Lipinski definition) is 1. The van der Waals surface area contributed by atoms with Gasteiger partial charge in [0.2, 0.25) is 0 Å². The number of urea groups is 1. The molecule has 1 spiro atoms. The number of nitrogens with zero attached hydrogens (tertiary/aromatic N) is 5. The molecule has 0 radical (unpaired) electrons. The van der Waals surface area contributed by atoms with E-state index in [4.69, 9.17) is 0 Å². The summed E-state index contributed by atoms with van der Waals surface area (Å²) in [5.74, 6) is -0.404. The van der Waals surface area contributed by atoms with E-state index < -0.39 is 5.82 Å². The van der Waals surface area contributed by atoms with Crippen LogP contribution in [0.5, 0.6) is 0 Å². The Hall–Kier alpha value is -3.16. The van der Waals surface area contributed by atoms with Crippen molar-refractivity contribution in [3.63, 3.8) is 0 Å². The number of anilines is 2. The lowest BCUT2D eigenvalue weighted by Gasteiger charge is -2.41. The number of carbonyl (C=O) groups is 1. The standard InChI is InChI=1S/C21H21FN6O/c22-17-3-2-15(24-20(29)26-6-1-7-26)9-18(17)28-11-14-8-16(10-23-19(14)25-28)27-12-21(13-27)4-5-21/h2-3,8-11H,1,4-7,12-13H2,(H,24,29). The first-order valence-corrected chi connectivity index (χ1v) is 10.0. The maximum atomic E-state index is 14.5. The van der Waals surface area contributed by atoms with Gasteiger partial charge in [0.05, 0.1) is 11.9 Å². The Balaban J connectivity index is 1.28. The van der Waals surface area contributed by atoms with Crippen LogP contribution < -0.4 is 10.2 Å². The van der Waals surface area contributed by atoms with Gasteiger partial charge in [0, 0.05) is 48.9 Å². The fraction of sp³-hybridized carbons (Fsp3) is 0.381. The first-order valence-electron chi connectivity index (χ1n) is 10.0. The Morgan fingerprint density at radius 3 is 2.72 bits per heavy atom. The number of aromatic nitrogens is 3. The summed E-state index contributed by atoms with van der Waals surface area (Å²) in [5, 5.41) is 8.13. The summed E-state index contributed by atoms with van der Waals surface area (Å²) >= 11 is 0. The van der Waals surface area contributed by atoms with Gasteiger partial charge in [-0.3, -0.25) is 0 Å². The molecule has 8 heteroatoms. The van der Waals surface area contributed by atoms with Crippen molar-refractivity contribution >= 4 is 28.4 Å². The van der Waals surface area contributed by atoms with Gasteiger partial charge in [0.1, 0.15) is 11.5 Å². The van der Waals surface area contributed by atoms with E-state index in [2.05, 4.69) is 26.4 Å². The minimum Gasteiger partial charge on any atom is -0.369 e. The molecule has 2 aromatic heterocycles. The van der Waals surface area contributed by atoms with Gasteiger partial charge in [0.25, 0.3) is 0 Å². The monoisotopic (exact) mass is 392 g/mol. The Kier molecular flexibility index (Phi) is 3.42. The summed E-state index contributed by atoms with van der Waals surface area (Å²) in [5.41, 5.74) is 3.06. The summed E-state index contributed by atoms with van der Waals surface area (Å²) in [6.45, 7) is 3.72. The van der Waals surface area contributed by atoms with E-state index in [9.17, 15) is 9.18 Å². The molecule has 1 saturated carbocycles. The smallest absolute Gasteiger partial charge is 0.321 e. The van der Waals surface area contributed by atoms with E-state index in [-0.39, 0.29) is 11.7 Å². The highest BCUT2D eigenvalue weighted by molar-refractivity contribution is 5.90. The van der Waals surface area contributed by atoms with Crippen molar-refractivity contribution in [2.24, 2.45) is 5.41 Å². The van der Waals surface area contributed by atoms with Gasteiger partial charge in [-0.2, -0.15) is 0 Å². The van der Waals surface area contributed by atoms with Gasteiger partial charge in [-0.15, -0.1) is 5.10 Å². The molecule has 1 aliphatic carbocycles. The zero-order chi connectivity index (χ0) is 19.6. The van der Waals surface area contributed by atoms with Crippen LogP contribution in [0, 0.1) is 11.2 Å². The van der Waals surface area contributed by atoms with Gasteiger partial charge in [-0.25, -0.2) is 18.9 Å². The quantitative estimate of drug-likeness (QED) is 0.742. The van der Waals surface area contributed by atoms with Gasteiger partial charge < -0.3 is 15.1 Å². The normalized spacial score (nSPS) is 19.2. The maximum absolute atomic E-state index is 14.5. The highest BCUT2D eigenvalue weighted by Gasteiger charge is 2.52. The molecule has 0 unspecified atom stereocenters. The van der Waals surface area contributed by atoms with Crippen LogP contribution in [-0.2, 0) is 0 Å². The summed E-state index contributed by atoms with van der Waals surface area (Å²) in [6, 6.07) is 6.42. The number of rotatable bonds is 3. The number of nitrogens with one attached hydrogen (secondary N) is 1. The van der Waals surface area contributed by atoms with E-state index in [1.165, 1.54) is 23.6 Å². The highest BCUT2D eigenvalue weighted by Crippen LogP contribution is 2.53. The number of carbonyl (C=O) groups excluding carboxylic acids is 1. The maximum Gasteiger partial charge on any atom is 0.321 e. The molecule has 6 rings (SSSR count). The second-order valence-electron chi connectivity index (χ2n) is 8.47. The highest BCUT2D eigenvalue weighted by atomic mass is 19.1. The number of hydrogen-bond acceptors (Lipinski definition) is 4. The number of likely N-dealkylation sites (tertiary alicyclic amines) is 1. The molecule has 29 heavy (non-hydrogen) atoms. The molecule has 3 aromatic rings. The lowest BCUT2D eigenvalue weighted by atomic mass is 9.96. The van der Waals surface area contributed by atoms with Gasteiger partial charge in [0.15, 0.2) is 5.65 Å². The molecule has 3 aliphatic rings. The minimum absolute atomic E-state index is 0.159. The van der Waals surface area contributed by atoms with Gasteiger partial charge in [-0.1, -0.05) is 0 Å². The lowest BCUT2D eigenvalue weighted by Crippen LogP contribution is -2.48.